The van der Waals surface area contributed by atoms with Crippen LogP contribution in [0, 0.1) is 20.8 Å². The number of aldehydes is 1. The number of hydrogen-bond donors (Lipinski definition) is 5. The number of hydrogen-bond acceptors (Lipinski definition) is 13. The Morgan fingerprint density at radius 2 is 1.17 bits per heavy atom. The van der Waals surface area contributed by atoms with Crippen molar-refractivity contribution >= 4 is 35.7 Å². The lowest BCUT2D eigenvalue weighted by atomic mass is 10.4. The highest BCUT2D eigenvalue weighted by Gasteiger charge is 1.94. The molecule has 0 aliphatic carbocycles. The van der Waals surface area contributed by atoms with Crippen LogP contribution >= 0.6 is 0 Å². The molecule has 212 valence electrons. The highest BCUT2D eigenvalue weighted by atomic mass is 16.2. The summed E-state index contributed by atoms with van der Waals surface area (Å²) in [4.78, 5) is 35.7. The first-order valence-corrected chi connectivity index (χ1v) is 8.33. The molecule has 2 aromatic heterocycles. The van der Waals surface area contributed by atoms with Crippen LogP contribution in [0.15, 0.2) is 11.3 Å². The maximum atomic E-state index is 9.44. The van der Waals surface area contributed by atoms with Gasteiger partial charge in [-0.25, -0.2) is 9.97 Å². The first-order chi connectivity index (χ1) is 14.3. The third-order valence-electron chi connectivity index (χ3n) is 2.12. The Balaban J connectivity index is -0.0000000453. The van der Waals surface area contributed by atoms with Crippen LogP contribution in [0.5, 0.6) is 0 Å². The SMILES string of the molecule is C.C.C.C.C.CC(=O)C=O.CC(C)=O.Cc1cnnc(N)n1.Cc1nnc(N)nc1C.NN=C(N)N. The summed E-state index contributed by atoms with van der Waals surface area (Å²) in [5, 5.41) is 17.2. The van der Waals surface area contributed by atoms with E-state index in [-0.39, 0.29) is 67.1 Å². The number of rotatable bonds is 1. The molecule has 0 amide bonds. The zero-order valence-electron chi connectivity index (χ0n) is 18.4. The van der Waals surface area contributed by atoms with Gasteiger partial charge in [-0.15, -0.1) is 15.3 Å². The molecule has 0 radical (unpaired) electrons. The molecule has 0 fully saturated rings. The van der Waals surface area contributed by atoms with E-state index in [0.717, 1.165) is 17.1 Å². The van der Waals surface area contributed by atoms with Gasteiger partial charge in [0.1, 0.15) is 5.78 Å². The van der Waals surface area contributed by atoms with Crippen molar-refractivity contribution in [2.75, 3.05) is 11.5 Å². The number of carbonyl (C=O) groups excluding carboxylic acids is 3. The molecule has 2 heterocycles. The van der Waals surface area contributed by atoms with E-state index in [1.54, 1.807) is 6.20 Å². The summed E-state index contributed by atoms with van der Waals surface area (Å²) >= 11 is 0. The summed E-state index contributed by atoms with van der Waals surface area (Å²) < 4.78 is 0. The molecule has 15 heteroatoms. The average Bonchev–Trinajstić information content (AvgIpc) is 2.66. The molecule has 0 unspecified atom stereocenters. The van der Waals surface area contributed by atoms with E-state index >= 15 is 0 Å². The molecule has 0 saturated carbocycles. The Morgan fingerprint density at radius 1 is 0.806 bits per heavy atom. The summed E-state index contributed by atoms with van der Waals surface area (Å²) in [5.74, 6) is 4.62. The van der Waals surface area contributed by atoms with Gasteiger partial charge in [0.2, 0.25) is 17.9 Å². The second-order valence-electron chi connectivity index (χ2n) is 5.49. The van der Waals surface area contributed by atoms with Gasteiger partial charge in [0.25, 0.3) is 0 Å². The number of carbonyl (C=O) groups is 3. The van der Waals surface area contributed by atoms with E-state index in [1.807, 2.05) is 20.8 Å². The van der Waals surface area contributed by atoms with Crippen molar-refractivity contribution in [2.24, 2.45) is 22.4 Å². The van der Waals surface area contributed by atoms with Gasteiger partial charge in [-0.05, 0) is 34.6 Å². The van der Waals surface area contributed by atoms with Crippen LogP contribution in [-0.4, -0.2) is 54.2 Å². The maximum Gasteiger partial charge on any atom is 0.240 e. The van der Waals surface area contributed by atoms with Crippen LogP contribution in [0.2, 0.25) is 0 Å². The van der Waals surface area contributed by atoms with Gasteiger partial charge in [0.05, 0.1) is 23.3 Å². The molecule has 2 aromatic rings. The fourth-order valence-corrected chi connectivity index (χ4v) is 0.877. The monoisotopic (exact) mass is 518 g/mol. The minimum Gasteiger partial charge on any atom is -0.369 e. The Morgan fingerprint density at radius 3 is 1.36 bits per heavy atom. The fraction of sp³-hybridized carbons (Fsp3) is 0.524. The number of hydrazone groups is 1. The van der Waals surface area contributed by atoms with Gasteiger partial charge in [0, 0.05) is 6.92 Å². The second-order valence-corrected chi connectivity index (χ2v) is 5.49. The second kappa shape index (κ2) is 32.9. The molecular formula is C21H50N12O3. The topological polar surface area (TPSA) is 271 Å². The highest BCUT2D eigenvalue weighted by Crippen LogP contribution is 1.96. The van der Waals surface area contributed by atoms with Crippen LogP contribution in [0.1, 0.15) is 75.0 Å². The van der Waals surface area contributed by atoms with Crippen LogP contribution in [0.25, 0.3) is 0 Å². The van der Waals surface area contributed by atoms with Crippen molar-refractivity contribution in [3.63, 3.8) is 0 Å². The number of nitrogen functional groups attached to an aromatic ring is 2. The largest absolute Gasteiger partial charge is 0.369 e. The first kappa shape index (κ1) is 53.2. The van der Waals surface area contributed by atoms with Gasteiger partial charge < -0.3 is 33.6 Å². The van der Waals surface area contributed by atoms with E-state index in [2.05, 4.69) is 41.3 Å². The van der Waals surface area contributed by atoms with Gasteiger partial charge in [0.15, 0.2) is 12.1 Å². The lowest BCUT2D eigenvalue weighted by Gasteiger charge is -1.94. The number of Topliss-reactive ketones (excluding diaryl/α,β-unsaturated/α-hetero) is 2. The Hall–Kier alpha value is -4.30. The number of aryl methyl sites for hydroxylation is 3. The number of aromatic nitrogens is 6. The predicted octanol–water partition coefficient (Wildman–Crippen LogP) is 1.52. The zero-order valence-corrected chi connectivity index (χ0v) is 18.4. The highest BCUT2D eigenvalue weighted by molar-refractivity contribution is 6.23. The average molecular weight is 519 g/mol. The van der Waals surface area contributed by atoms with E-state index in [4.69, 9.17) is 27.7 Å². The molecule has 0 saturated heterocycles. The summed E-state index contributed by atoms with van der Waals surface area (Å²) in [5.41, 5.74) is 22.3. The Labute approximate surface area is 216 Å². The molecule has 10 N–H and O–H groups in total. The van der Waals surface area contributed by atoms with Gasteiger partial charge >= 0.3 is 0 Å². The zero-order chi connectivity index (χ0) is 25.0. The van der Waals surface area contributed by atoms with Crippen molar-refractivity contribution < 1.29 is 14.4 Å². The minimum absolute atomic E-state index is 0. The summed E-state index contributed by atoms with van der Waals surface area (Å²) in [6, 6.07) is 0. The third-order valence-corrected chi connectivity index (χ3v) is 2.12. The number of nitrogens with two attached hydrogens (primary N) is 5. The standard InChI is InChI=1S/C5H8N4.C4H6N4.C3H4O2.C3H6O.CH6N4.5CH4/c1-3-4(2)8-9-5(6)7-3;1-3-2-6-8-4(5)7-3;1-3(5)2-4;1-3(2)4;2-1(3)5-4;;;;;/h1-2H3,(H2,6,7,9);2H,1H3,(H2,5,7,8);2H,1H3;1-2H3;4H2,(H4,2,3,5);5*1H4. The Kier molecular flexibility index (Phi) is 48.6. The van der Waals surface area contributed by atoms with Crippen LogP contribution in [-0.2, 0) is 14.4 Å². The van der Waals surface area contributed by atoms with E-state index in [1.165, 1.54) is 20.8 Å². The minimum atomic E-state index is -0.426. The molecule has 0 aliphatic heterocycles. The van der Waals surface area contributed by atoms with Crippen LogP contribution in [0.3, 0.4) is 0 Å². The molecule has 0 atom stereocenters. The Bertz CT molecular complexity index is 821. The van der Waals surface area contributed by atoms with Crippen molar-refractivity contribution in [3.8, 4) is 0 Å². The smallest absolute Gasteiger partial charge is 0.240 e. The quantitative estimate of drug-likeness (QED) is 0.0893. The molecule has 0 spiro atoms. The number of anilines is 2. The van der Waals surface area contributed by atoms with E-state index in [0.29, 0.717) is 0 Å². The molecule has 0 aromatic carbocycles. The van der Waals surface area contributed by atoms with Crippen molar-refractivity contribution in [1.82, 2.24) is 30.4 Å². The van der Waals surface area contributed by atoms with E-state index in [9.17, 15) is 9.59 Å². The molecule has 0 aliphatic rings. The lowest BCUT2D eigenvalue weighted by Crippen LogP contribution is -2.23. The number of nitrogens with zero attached hydrogens (tertiary/aromatic N) is 7. The van der Waals surface area contributed by atoms with Crippen molar-refractivity contribution in [2.45, 2.75) is 78.7 Å². The molecule has 2 rings (SSSR count). The molecule has 15 nitrogen and oxygen atoms in total. The maximum absolute atomic E-state index is 9.44. The molecular weight excluding hydrogens is 468 g/mol. The fourth-order valence-electron chi connectivity index (χ4n) is 0.877. The predicted molar refractivity (Wildman–Crippen MR) is 149 cm³/mol. The van der Waals surface area contributed by atoms with Gasteiger partial charge in [-0.3, -0.25) is 9.59 Å². The summed E-state index contributed by atoms with van der Waals surface area (Å²) in [6.07, 6.45) is 1.83. The van der Waals surface area contributed by atoms with Crippen LogP contribution < -0.4 is 28.8 Å². The summed E-state index contributed by atoms with van der Waals surface area (Å²) in [7, 11) is 0. The molecule has 0 bridgehead atoms. The third kappa shape index (κ3) is 47.5. The number of ketones is 2. The van der Waals surface area contributed by atoms with Gasteiger partial charge in [-0.1, -0.05) is 37.1 Å². The number of guanidine groups is 1. The van der Waals surface area contributed by atoms with Crippen molar-refractivity contribution in [3.05, 3.63) is 23.3 Å². The van der Waals surface area contributed by atoms with Crippen molar-refractivity contribution in [1.29, 1.82) is 0 Å². The van der Waals surface area contributed by atoms with Crippen LogP contribution in [0.4, 0.5) is 11.9 Å². The lowest BCUT2D eigenvalue weighted by molar-refractivity contribution is -0.128. The van der Waals surface area contributed by atoms with E-state index < -0.39 is 5.78 Å². The first-order valence-electron chi connectivity index (χ1n) is 8.33. The molecule has 36 heavy (non-hydrogen) atoms. The van der Waals surface area contributed by atoms with Gasteiger partial charge in [-0.2, -0.15) is 10.2 Å². The summed E-state index contributed by atoms with van der Waals surface area (Å²) in [6.45, 7) is 9.77. The normalized spacial score (nSPS) is 6.94.